The number of nitrogens with zero attached hydrogens (tertiary/aromatic N) is 2. The van der Waals surface area contributed by atoms with Crippen LogP contribution in [0.4, 0.5) is 5.69 Å². The molecule has 0 aromatic heterocycles. The number of amides is 2. The SMILES string of the molecule is COc1ccc(N(CC(=O)N(Cc2ccc(Cl)cc2Cl)C(Cc2ccccc2)C(=O)NCC(C)C)S(=O)(=O)c2ccccc2)cc1Cl. The molecular formula is C35H36Cl3N3O5S. The van der Waals surface area contributed by atoms with E-state index in [1.165, 1.54) is 42.3 Å². The minimum absolute atomic E-state index is 0.0254. The predicted octanol–water partition coefficient (Wildman–Crippen LogP) is 7.26. The van der Waals surface area contributed by atoms with Crippen LogP contribution in [0.5, 0.6) is 5.75 Å². The Hall–Kier alpha value is -3.76. The standard InChI is InChI=1S/C35H36Cl3N3O5S/c1-24(2)21-39-35(43)32(18-25-10-6-4-7-11-25)40(22-26-14-15-27(36)19-30(26)37)34(42)23-41(28-16-17-33(46-3)31(38)20-28)47(44,45)29-12-8-5-9-13-29/h4-17,19-20,24,32H,18,21-23H2,1-3H3,(H,39,43). The van der Waals surface area contributed by atoms with E-state index in [1.807, 2.05) is 44.2 Å². The molecule has 0 aliphatic rings. The summed E-state index contributed by atoms with van der Waals surface area (Å²) in [6.45, 7) is 3.58. The van der Waals surface area contributed by atoms with E-state index in [4.69, 9.17) is 39.5 Å². The molecule has 4 aromatic carbocycles. The maximum absolute atomic E-state index is 14.6. The van der Waals surface area contributed by atoms with E-state index in [1.54, 1.807) is 36.4 Å². The average Bonchev–Trinajstić information content (AvgIpc) is 3.05. The third-order valence-corrected chi connectivity index (χ3v) is 10.0. The van der Waals surface area contributed by atoms with Gasteiger partial charge in [-0.05, 0) is 59.5 Å². The van der Waals surface area contributed by atoms with Crippen molar-refractivity contribution < 1.29 is 22.7 Å². The third-order valence-electron chi connectivity index (χ3n) is 7.34. The van der Waals surface area contributed by atoms with E-state index in [9.17, 15) is 18.0 Å². The average molecular weight is 717 g/mol. The molecule has 1 N–H and O–H groups in total. The Morgan fingerprint density at radius 3 is 2.11 bits per heavy atom. The Balaban J connectivity index is 1.83. The molecule has 0 saturated carbocycles. The van der Waals surface area contributed by atoms with E-state index in [-0.39, 0.29) is 40.4 Å². The van der Waals surface area contributed by atoms with Crippen molar-refractivity contribution >= 4 is 62.3 Å². The predicted molar refractivity (Wildman–Crippen MR) is 188 cm³/mol. The van der Waals surface area contributed by atoms with Crippen LogP contribution in [0.1, 0.15) is 25.0 Å². The minimum Gasteiger partial charge on any atom is -0.495 e. The van der Waals surface area contributed by atoms with Crippen LogP contribution in [-0.4, -0.2) is 51.4 Å². The number of methoxy groups -OCH3 is 1. The zero-order chi connectivity index (χ0) is 34.1. The van der Waals surface area contributed by atoms with E-state index < -0.39 is 28.5 Å². The molecule has 0 spiro atoms. The van der Waals surface area contributed by atoms with Gasteiger partial charge in [0.15, 0.2) is 0 Å². The molecule has 248 valence electrons. The van der Waals surface area contributed by atoms with Gasteiger partial charge in [-0.15, -0.1) is 0 Å². The van der Waals surface area contributed by atoms with Crippen molar-refractivity contribution in [3.63, 3.8) is 0 Å². The Labute approximate surface area is 291 Å². The summed E-state index contributed by atoms with van der Waals surface area (Å²) in [5.41, 5.74) is 1.48. The summed E-state index contributed by atoms with van der Waals surface area (Å²) in [5.74, 6) is -0.533. The maximum atomic E-state index is 14.6. The van der Waals surface area contributed by atoms with Gasteiger partial charge >= 0.3 is 0 Å². The van der Waals surface area contributed by atoms with E-state index in [0.717, 1.165) is 9.87 Å². The highest BCUT2D eigenvalue weighted by atomic mass is 35.5. The fourth-order valence-electron chi connectivity index (χ4n) is 4.87. The van der Waals surface area contributed by atoms with Crippen molar-refractivity contribution in [2.24, 2.45) is 5.92 Å². The number of anilines is 1. The van der Waals surface area contributed by atoms with Gasteiger partial charge in [-0.25, -0.2) is 8.42 Å². The van der Waals surface area contributed by atoms with E-state index >= 15 is 0 Å². The molecule has 8 nitrogen and oxygen atoms in total. The van der Waals surface area contributed by atoms with Gasteiger partial charge in [-0.2, -0.15) is 0 Å². The zero-order valence-corrected chi connectivity index (χ0v) is 29.3. The van der Waals surface area contributed by atoms with Gasteiger partial charge in [-0.1, -0.05) is 103 Å². The fourth-order valence-corrected chi connectivity index (χ4v) is 7.02. The number of sulfonamides is 1. The topological polar surface area (TPSA) is 96.0 Å². The van der Waals surface area contributed by atoms with Crippen LogP contribution in [0.2, 0.25) is 15.1 Å². The van der Waals surface area contributed by atoms with Gasteiger partial charge in [0.25, 0.3) is 10.0 Å². The molecule has 1 atom stereocenters. The third kappa shape index (κ3) is 9.41. The van der Waals surface area contributed by atoms with Crippen LogP contribution in [0.25, 0.3) is 0 Å². The lowest BCUT2D eigenvalue weighted by atomic mass is 10.0. The smallest absolute Gasteiger partial charge is 0.264 e. The molecule has 4 aromatic rings. The Morgan fingerprint density at radius 2 is 1.51 bits per heavy atom. The molecule has 0 fully saturated rings. The van der Waals surface area contributed by atoms with E-state index in [0.29, 0.717) is 27.9 Å². The summed E-state index contributed by atoms with van der Waals surface area (Å²) in [5, 5.41) is 3.82. The summed E-state index contributed by atoms with van der Waals surface area (Å²) in [6, 6.07) is 25.4. The van der Waals surface area contributed by atoms with Crippen molar-refractivity contribution in [2.75, 3.05) is 24.5 Å². The first-order valence-corrected chi connectivity index (χ1v) is 17.4. The highest BCUT2D eigenvalue weighted by Crippen LogP contribution is 2.32. The Kier molecular flexibility index (Phi) is 12.6. The number of ether oxygens (including phenoxy) is 1. The van der Waals surface area contributed by atoms with Crippen LogP contribution in [0, 0.1) is 5.92 Å². The minimum atomic E-state index is -4.29. The summed E-state index contributed by atoms with van der Waals surface area (Å²) < 4.78 is 34.5. The molecule has 4 rings (SSSR count). The highest BCUT2D eigenvalue weighted by Gasteiger charge is 2.35. The summed E-state index contributed by atoms with van der Waals surface area (Å²) in [7, 11) is -2.85. The quantitative estimate of drug-likeness (QED) is 0.148. The van der Waals surface area contributed by atoms with Crippen molar-refractivity contribution in [1.82, 2.24) is 10.2 Å². The lowest BCUT2D eigenvalue weighted by Crippen LogP contribution is -2.53. The number of benzene rings is 4. The molecule has 1 unspecified atom stereocenters. The summed E-state index contributed by atoms with van der Waals surface area (Å²) in [6.07, 6.45) is 0.168. The normalized spacial score (nSPS) is 12.0. The molecule has 0 heterocycles. The Morgan fingerprint density at radius 1 is 0.851 bits per heavy atom. The van der Waals surface area contributed by atoms with Gasteiger partial charge < -0.3 is 15.0 Å². The van der Waals surface area contributed by atoms with Crippen LogP contribution in [0.15, 0.2) is 102 Å². The molecule has 0 saturated heterocycles. The van der Waals surface area contributed by atoms with Crippen molar-refractivity contribution in [3.05, 3.63) is 123 Å². The van der Waals surface area contributed by atoms with Gasteiger partial charge in [0.2, 0.25) is 11.8 Å². The molecule has 0 aliphatic heterocycles. The molecule has 2 amide bonds. The van der Waals surface area contributed by atoms with Gasteiger partial charge in [0.1, 0.15) is 18.3 Å². The second-order valence-corrected chi connectivity index (χ2v) is 14.4. The second-order valence-electron chi connectivity index (χ2n) is 11.2. The lowest BCUT2D eigenvalue weighted by Gasteiger charge is -2.34. The molecule has 0 radical (unpaired) electrons. The number of carbonyl (C=O) groups excluding carboxylic acids is 2. The van der Waals surface area contributed by atoms with Crippen LogP contribution in [-0.2, 0) is 32.6 Å². The largest absolute Gasteiger partial charge is 0.495 e. The summed E-state index contributed by atoms with van der Waals surface area (Å²) >= 11 is 19.2. The lowest BCUT2D eigenvalue weighted by molar-refractivity contribution is -0.140. The molecular weight excluding hydrogens is 681 g/mol. The van der Waals surface area contributed by atoms with Crippen LogP contribution < -0.4 is 14.4 Å². The molecule has 12 heteroatoms. The van der Waals surface area contributed by atoms with Crippen molar-refractivity contribution in [2.45, 2.75) is 37.8 Å². The zero-order valence-electron chi connectivity index (χ0n) is 26.2. The molecule has 0 bridgehead atoms. The summed E-state index contributed by atoms with van der Waals surface area (Å²) in [4.78, 5) is 29.8. The van der Waals surface area contributed by atoms with Crippen LogP contribution in [0.3, 0.4) is 0 Å². The number of hydrogen-bond donors (Lipinski definition) is 1. The number of hydrogen-bond acceptors (Lipinski definition) is 5. The number of nitrogens with one attached hydrogen (secondary N) is 1. The molecule has 0 aliphatic carbocycles. The van der Waals surface area contributed by atoms with E-state index in [2.05, 4.69) is 5.32 Å². The van der Waals surface area contributed by atoms with Crippen molar-refractivity contribution in [3.8, 4) is 5.75 Å². The maximum Gasteiger partial charge on any atom is 0.264 e. The Bertz CT molecular complexity index is 1790. The first kappa shape index (κ1) is 36.1. The highest BCUT2D eigenvalue weighted by molar-refractivity contribution is 7.92. The first-order valence-electron chi connectivity index (χ1n) is 14.9. The molecule has 47 heavy (non-hydrogen) atoms. The number of rotatable bonds is 14. The first-order chi connectivity index (χ1) is 22.4. The van der Waals surface area contributed by atoms with Gasteiger partial charge in [0, 0.05) is 29.6 Å². The number of carbonyl (C=O) groups is 2. The monoisotopic (exact) mass is 715 g/mol. The van der Waals surface area contributed by atoms with Crippen molar-refractivity contribution in [1.29, 1.82) is 0 Å². The number of halogens is 3. The fraction of sp³-hybridized carbons (Fsp3) is 0.257. The van der Waals surface area contributed by atoms with Crippen LogP contribution >= 0.6 is 34.8 Å². The van der Waals surface area contributed by atoms with Gasteiger partial charge in [0.05, 0.1) is 22.7 Å². The van der Waals surface area contributed by atoms with Gasteiger partial charge in [-0.3, -0.25) is 13.9 Å². The second kappa shape index (κ2) is 16.4.